The van der Waals surface area contributed by atoms with Crippen LogP contribution < -0.4 is 10.2 Å². The second-order valence-electron chi connectivity index (χ2n) is 4.58. The number of nitrogens with one attached hydrogen (secondary N) is 1. The summed E-state index contributed by atoms with van der Waals surface area (Å²) < 4.78 is 6.19. The number of amidine groups is 1. The van der Waals surface area contributed by atoms with Crippen molar-refractivity contribution in [3.63, 3.8) is 0 Å². The monoisotopic (exact) mass is 375 g/mol. The summed E-state index contributed by atoms with van der Waals surface area (Å²) in [6.07, 6.45) is 0. The van der Waals surface area contributed by atoms with Gasteiger partial charge in [-0.2, -0.15) is 5.10 Å². The van der Waals surface area contributed by atoms with Gasteiger partial charge in [0.1, 0.15) is 5.75 Å². The molecule has 0 unspecified atom stereocenters. The van der Waals surface area contributed by atoms with E-state index in [2.05, 4.69) is 43.6 Å². The van der Waals surface area contributed by atoms with Gasteiger partial charge in [-0.25, -0.2) is 4.99 Å². The number of hydrogen-bond donors (Lipinski definition) is 1. The maximum absolute atomic E-state index is 5.14. The Morgan fingerprint density at radius 1 is 1.23 bits per heavy atom. The molecule has 1 aliphatic rings. The van der Waals surface area contributed by atoms with E-state index in [-0.39, 0.29) is 0 Å². The zero-order valence-electron chi connectivity index (χ0n) is 11.9. The Morgan fingerprint density at radius 3 is 2.68 bits per heavy atom. The maximum atomic E-state index is 5.14. The lowest BCUT2D eigenvalue weighted by molar-refractivity contribution is 0.415. The molecule has 2 aromatic carbocycles. The Bertz CT molecular complexity index is 728. The van der Waals surface area contributed by atoms with Gasteiger partial charge in [-0.3, -0.25) is 5.43 Å². The molecule has 22 heavy (non-hydrogen) atoms. The van der Waals surface area contributed by atoms with Crippen molar-refractivity contribution < 1.29 is 4.74 Å². The van der Waals surface area contributed by atoms with Gasteiger partial charge in [0, 0.05) is 10.2 Å². The Kier molecular flexibility index (Phi) is 4.80. The van der Waals surface area contributed by atoms with Crippen LogP contribution >= 0.6 is 27.7 Å². The van der Waals surface area contributed by atoms with Gasteiger partial charge in [-0.05, 0) is 42.0 Å². The molecule has 0 spiro atoms. The van der Waals surface area contributed by atoms with Crippen molar-refractivity contribution in [2.45, 2.75) is 0 Å². The Labute approximate surface area is 141 Å². The fourth-order valence-corrected chi connectivity index (χ4v) is 3.15. The minimum atomic E-state index is 0.790. The molecule has 2 aromatic rings. The number of thioether (sulfide) groups is 1. The smallest absolute Gasteiger partial charge is 0.182 e. The highest BCUT2D eigenvalue weighted by molar-refractivity contribution is 9.10. The van der Waals surface area contributed by atoms with E-state index in [1.807, 2.05) is 36.4 Å². The topological polar surface area (TPSA) is 46.0 Å². The molecule has 3 rings (SSSR count). The number of ether oxygens (including phenoxy) is 1. The van der Waals surface area contributed by atoms with Gasteiger partial charge >= 0.3 is 0 Å². The van der Waals surface area contributed by atoms with Gasteiger partial charge in [0.2, 0.25) is 0 Å². The predicted molar refractivity (Wildman–Crippen MR) is 96.4 cm³/mol. The Hall–Kier alpha value is -1.79. The largest absolute Gasteiger partial charge is 0.497 e. The molecule has 0 fully saturated rings. The summed E-state index contributed by atoms with van der Waals surface area (Å²) in [6, 6.07) is 15.7. The van der Waals surface area contributed by atoms with Gasteiger partial charge in [0.25, 0.3) is 0 Å². The molecule has 4 nitrogen and oxygen atoms in total. The van der Waals surface area contributed by atoms with Crippen molar-refractivity contribution >= 4 is 44.3 Å². The first-order valence-corrected chi connectivity index (χ1v) is 8.46. The third kappa shape index (κ3) is 3.69. The lowest BCUT2D eigenvalue weighted by Crippen LogP contribution is -2.25. The zero-order valence-corrected chi connectivity index (χ0v) is 14.3. The zero-order chi connectivity index (χ0) is 15.4. The number of nitrogens with zero attached hydrogens (tertiary/aromatic N) is 2. The molecule has 0 saturated carbocycles. The van der Waals surface area contributed by atoms with E-state index in [9.17, 15) is 0 Å². The number of hydrogen-bond acceptors (Lipinski definition) is 4. The molecule has 1 N–H and O–H groups in total. The summed E-state index contributed by atoms with van der Waals surface area (Å²) in [4.78, 5) is 4.54. The molecule has 0 aromatic heterocycles. The van der Waals surface area contributed by atoms with E-state index >= 15 is 0 Å². The van der Waals surface area contributed by atoms with Gasteiger partial charge in [0.15, 0.2) is 5.17 Å². The molecule has 1 heterocycles. The lowest BCUT2D eigenvalue weighted by Gasteiger charge is -2.15. The van der Waals surface area contributed by atoms with Crippen molar-refractivity contribution in [1.29, 1.82) is 0 Å². The summed E-state index contributed by atoms with van der Waals surface area (Å²) in [5.74, 6) is 1.61. The molecule has 0 saturated heterocycles. The standard InChI is InChI=1S/C16H14BrN3OS/c1-21-14-7-5-13(6-8-14)18-16-20-19-15(10-22-16)11-3-2-4-12(17)9-11/h2-9H,10H2,1H3,(H,18,20). The fourth-order valence-electron chi connectivity index (χ4n) is 1.96. The minimum Gasteiger partial charge on any atom is -0.497 e. The Morgan fingerprint density at radius 2 is 2.05 bits per heavy atom. The fraction of sp³-hybridized carbons (Fsp3) is 0.125. The van der Waals surface area contributed by atoms with E-state index in [1.54, 1.807) is 18.9 Å². The summed E-state index contributed by atoms with van der Waals surface area (Å²) in [5, 5.41) is 5.22. The van der Waals surface area contributed by atoms with Gasteiger partial charge in [-0.1, -0.05) is 39.8 Å². The van der Waals surface area contributed by atoms with Gasteiger partial charge in [-0.15, -0.1) is 0 Å². The Balaban J connectivity index is 1.73. The first kappa shape index (κ1) is 15.1. The van der Waals surface area contributed by atoms with E-state index in [0.29, 0.717) is 0 Å². The molecule has 0 bridgehead atoms. The van der Waals surface area contributed by atoms with Crippen molar-refractivity contribution in [3.05, 3.63) is 58.6 Å². The second kappa shape index (κ2) is 6.98. The second-order valence-corrected chi connectivity index (χ2v) is 6.46. The predicted octanol–water partition coefficient (Wildman–Crippen LogP) is 4.19. The van der Waals surface area contributed by atoms with Crippen LogP contribution in [-0.2, 0) is 0 Å². The van der Waals surface area contributed by atoms with Crippen LogP contribution in [0.2, 0.25) is 0 Å². The highest BCUT2D eigenvalue weighted by Gasteiger charge is 2.13. The highest BCUT2D eigenvalue weighted by atomic mass is 79.9. The quantitative estimate of drug-likeness (QED) is 0.874. The number of halogens is 1. The van der Waals surface area contributed by atoms with Crippen LogP contribution in [0.5, 0.6) is 5.75 Å². The number of aliphatic imine (C=N–C) groups is 1. The van der Waals surface area contributed by atoms with Crippen molar-refractivity contribution in [2.24, 2.45) is 10.1 Å². The molecule has 0 aliphatic carbocycles. The average molecular weight is 376 g/mol. The van der Waals surface area contributed by atoms with Crippen LogP contribution in [0, 0.1) is 0 Å². The van der Waals surface area contributed by atoms with Crippen LogP contribution in [-0.4, -0.2) is 23.7 Å². The van der Waals surface area contributed by atoms with Crippen LogP contribution in [0.3, 0.4) is 0 Å². The van der Waals surface area contributed by atoms with Crippen molar-refractivity contribution in [2.75, 3.05) is 12.9 Å². The van der Waals surface area contributed by atoms with Crippen LogP contribution in [0.4, 0.5) is 5.69 Å². The van der Waals surface area contributed by atoms with Gasteiger partial charge in [0.05, 0.1) is 18.5 Å². The summed E-state index contributed by atoms with van der Waals surface area (Å²) in [6.45, 7) is 0. The van der Waals surface area contributed by atoms with E-state index in [1.165, 1.54) is 0 Å². The van der Waals surface area contributed by atoms with E-state index in [4.69, 9.17) is 4.74 Å². The third-order valence-corrected chi connectivity index (χ3v) is 4.46. The summed E-state index contributed by atoms with van der Waals surface area (Å²) >= 11 is 5.12. The molecule has 1 aliphatic heterocycles. The molecule has 112 valence electrons. The molecule has 0 radical (unpaired) electrons. The number of hydrazone groups is 1. The first-order valence-electron chi connectivity index (χ1n) is 6.68. The number of benzene rings is 2. The first-order chi connectivity index (χ1) is 10.7. The molecule has 0 atom stereocenters. The van der Waals surface area contributed by atoms with Crippen molar-refractivity contribution in [3.8, 4) is 5.75 Å². The lowest BCUT2D eigenvalue weighted by atomic mass is 10.1. The van der Waals surface area contributed by atoms with E-state index in [0.717, 1.165) is 38.1 Å². The molecular weight excluding hydrogens is 362 g/mol. The summed E-state index contributed by atoms with van der Waals surface area (Å²) in [7, 11) is 1.65. The van der Waals surface area contributed by atoms with Crippen LogP contribution in [0.15, 0.2) is 63.1 Å². The molecule has 0 amide bonds. The van der Waals surface area contributed by atoms with E-state index < -0.39 is 0 Å². The minimum absolute atomic E-state index is 0.790. The maximum Gasteiger partial charge on any atom is 0.182 e. The highest BCUT2D eigenvalue weighted by Crippen LogP contribution is 2.22. The summed E-state index contributed by atoms with van der Waals surface area (Å²) in [5.41, 5.74) is 6.01. The SMILES string of the molecule is COc1ccc(N=C2NN=C(c3cccc(Br)c3)CS2)cc1. The molecule has 6 heteroatoms. The third-order valence-electron chi connectivity index (χ3n) is 3.09. The number of methoxy groups -OCH3 is 1. The normalized spacial score (nSPS) is 16.1. The average Bonchev–Trinajstić information content (AvgIpc) is 2.56. The van der Waals surface area contributed by atoms with Crippen molar-refractivity contribution in [1.82, 2.24) is 5.43 Å². The van der Waals surface area contributed by atoms with Crippen LogP contribution in [0.25, 0.3) is 0 Å². The molecular formula is C16H14BrN3OS. The van der Waals surface area contributed by atoms with Crippen LogP contribution in [0.1, 0.15) is 5.56 Å². The number of rotatable bonds is 3. The van der Waals surface area contributed by atoms with Gasteiger partial charge < -0.3 is 4.74 Å².